The Bertz CT molecular complexity index is 558. The van der Waals surface area contributed by atoms with E-state index in [4.69, 9.17) is 0 Å². The molecular formula is C14H20FNO3S. The van der Waals surface area contributed by atoms with Gasteiger partial charge >= 0.3 is 0 Å². The molecule has 112 valence electrons. The summed E-state index contributed by atoms with van der Waals surface area (Å²) in [6, 6.07) is 4.63. The van der Waals surface area contributed by atoms with Crippen molar-refractivity contribution in [2.45, 2.75) is 43.1 Å². The quantitative estimate of drug-likeness (QED) is 0.894. The van der Waals surface area contributed by atoms with E-state index in [0.29, 0.717) is 18.8 Å². The van der Waals surface area contributed by atoms with Crippen LogP contribution in [0.25, 0.3) is 0 Å². The zero-order valence-corrected chi connectivity index (χ0v) is 12.3. The Hall–Kier alpha value is -0.980. The normalized spacial score (nSPS) is 27.4. The van der Waals surface area contributed by atoms with Crippen LogP contribution in [0.4, 0.5) is 4.39 Å². The molecule has 2 N–H and O–H groups in total. The van der Waals surface area contributed by atoms with Crippen LogP contribution in [0.2, 0.25) is 0 Å². The topological polar surface area (TPSA) is 66.4 Å². The van der Waals surface area contributed by atoms with E-state index < -0.39 is 21.4 Å². The lowest BCUT2D eigenvalue weighted by Crippen LogP contribution is -2.45. The van der Waals surface area contributed by atoms with Crippen molar-refractivity contribution in [2.75, 3.05) is 6.54 Å². The van der Waals surface area contributed by atoms with Crippen molar-refractivity contribution in [3.05, 3.63) is 30.1 Å². The number of sulfonamides is 1. The summed E-state index contributed by atoms with van der Waals surface area (Å²) in [5.74, 6) is -0.0900. The van der Waals surface area contributed by atoms with Crippen LogP contribution in [-0.2, 0) is 10.0 Å². The van der Waals surface area contributed by atoms with Crippen molar-refractivity contribution < 1.29 is 17.9 Å². The molecule has 4 nitrogen and oxygen atoms in total. The highest BCUT2D eigenvalue weighted by molar-refractivity contribution is 7.89. The number of halogens is 1. The van der Waals surface area contributed by atoms with Gasteiger partial charge in [0.2, 0.25) is 10.0 Å². The minimum atomic E-state index is -3.71. The predicted molar refractivity (Wildman–Crippen MR) is 74.2 cm³/mol. The molecule has 2 atom stereocenters. The maximum atomic E-state index is 12.8. The minimum Gasteiger partial charge on any atom is -0.389 e. The largest absolute Gasteiger partial charge is 0.389 e. The molecule has 0 aliphatic heterocycles. The standard InChI is InChI=1S/C14H20FNO3S/c1-11-3-2-8-14(17,9-11)10-16-20(18,19)13-6-4-12(15)5-7-13/h4-7,11,16-17H,2-3,8-10H2,1H3. The predicted octanol–water partition coefficient (Wildman–Crippen LogP) is 2.05. The van der Waals surface area contributed by atoms with Crippen LogP contribution in [0.5, 0.6) is 0 Å². The Balaban J connectivity index is 2.04. The lowest BCUT2D eigenvalue weighted by atomic mass is 9.79. The Morgan fingerprint density at radius 1 is 1.40 bits per heavy atom. The molecule has 6 heteroatoms. The average molecular weight is 301 g/mol. The third kappa shape index (κ3) is 3.77. The second kappa shape index (κ2) is 5.79. The number of nitrogens with one attached hydrogen (secondary N) is 1. The number of rotatable bonds is 4. The highest BCUT2D eigenvalue weighted by atomic mass is 32.2. The van der Waals surface area contributed by atoms with Crippen molar-refractivity contribution in [1.29, 1.82) is 0 Å². The molecule has 0 radical (unpaired) electrons. The lowest BCUT2D eigenvalue weighted by molar-refractivity contribution is -0.00751. The summed E-state index contributed by atoms with van der Waals surface area (Å²) in [6.07, 6.45) is 3.16. The Labute approximate surface area is 119 Å². The van der Waals surface area contributed by atoms with Gasteiger partial charge in [-0.15, -0.1) is 0 Å². The summed E-state index contributed by atoms with van der Waals surface area (Å²) in [4.78, 5) is 0.00589. The van der Waals surface area contributed by atoms with E-state index in [1.165, 1.54) is 12.1 Å². The molecule has 1 aliphatic rings. The van der Waals surface area contributed by atoms with Gasteiger partial charge in [0.05, 0.1) is 10.5 Å². The van der Waals surface area contributed by atoms with E-state index in [1.54, 1.807) is 0 Å². The Morgan fingerprint density at radius 2 is 2.05 bits per heavy atom. The van der Waals surface area contributed by atoms with E-state index in [-0.39, 0.29) is 11.4 Å². The zero-order valence-electron chi connectivity index (χ0n) is 11.5. The fraction of sp³-hybridized carbons (Fsp3) is 0.571. The van der Waals surface area contributed by atoms with Gasteiger partial charge in [0.25, 0.3) is 0 Å². The van der Waals surface area contributed by atoms with Gasteiger partial charge in [-0.05, 0) is 43.0 Å². The Kier molecular flexibility index (Phi) is 4.46. The second-order valence-electron chi connectivity index (χ2n) is 5.70. The van der Waals surface area contributed by atoms with Crippen LogP contribution in [0.3, 0.4) is 0 Å². The summed E-state index contributed by atoms with van der Waals surface area (Å²) < 4.78 is 39.4. The fourth-order valence-electron chi connectivity index (χ4n) is 2.72. The van der Waals surface area contributed by atoms with Crippen LogP contribution in [0.1, 0.15) is 32.6 Å². The van der Waals surface area contributed by atoms with Crippen LogP contribution in [-0.4, -0.2) is 25.7 Å². The lowest BCUT2D eigenvalue weighted by Gasteiger charge is -2.35. The van der Waals surface area contributed by atoms with Crippen LogP contribution < -0.4 is 4.72 Å². The molecule has 1 aromatic carbocycles. The van der Waals surface area contributed by atoms with Crippen molar-refractivity contribution in [2.24, 2.45) is 5.92 Å². The van der Waals surface area contributed by atoms with Gasteiger partial charge < -0.3 is 5.11 Å². The number of hydrogen-bond acceptors (Lipinski definition) is 3. The molecule has 1 fully saturated rings. The zero-order chi connectivity index (χ0) is 14.8. The van der Waals surface area contributed by atoms with Gasteiger partial charge in [0, 0.05) is 6.54 Å². The van der Waals surface area contributed by atoms with Crippen molar-refractivity contribution in [1.82, 2.24) is 4.72 Å². The van der Waals surface area contributed by atoms with Gasteiger partial charge in [-0.2, -0.15) is 0 Å². The molecule has 0 amide bonds. The van der Waals surface area contributed by atoms with Gasteiger partial charge in [-0.25, -0.2) is 17.5 Å². The number of benzene rings is 1. The molecule has 1 saturated carbocycles. The van der Waals surface area contributed by atoms with E-state index in [1.807, 2.05) is 0 Å². The van der Waals surface area contributed by atoms with E-state index in [2.05, 4.69) is 11.6 Å². The highest BCUT2D eigenvalue weighted by Crippen LogP contribution is 2.31. The maximum absolute atomic E-state index is 12.8. The first-order valence-electron chi connectivity index (χ1n) is 6.78. The molecule has 0 saturated heterocycles. The van der Waals surface area contributed by atoms with Gasteiger partial charge in [0.15, 0.2) is 0 Å². The number of hydrogen-bond donors (Lipinski definition) is 2. The van der Waals surface area contributed by atoms with Crippen molar-refractivity contribution >= 4 is 10.0 Å². The molecule has 20 heavy (non-hydrogen) atoms. The minimum absolute atomic E-state index is 0.00293. The first kappa shape index (κ1) is 15.4. The molecule has 2 rings (SSSR count). The maximum Gasteiger partial charge on any atom is 0.240 e. The summed E-state index contributed by atoms with van der Waals surface area (Å²) in [7, 11) is -3.71. The smallest absolute Gasteiger partial charge is 0.240 e. The van der Waals surface area contributed by atoms with E-state index in [9.17, 15) is 17.9 Å². The monoisotopic (exact) mass is 301 g/mol. The third-order valence-corrected chi connectivity index (χ3v) is 5.20. The third-order valence-electron chi connectivity index (χ3n) is 3.78. The summed E-state index contributed by atoms with van der Waals surface area (Å²) in [5, 5.41) is 10.4. The summed E-state index contributed by atoms with van der Waals surface area (Å²) in [5.41, 5.74) is -0.981. The molecule has 0 spiro atoms. The second-order valence-corrected chi connectivity index (χ2v) is 7.47. The molecule has 1 aromatic rings. The van der Waals surface area contributed by atoms with E-state index >= 15 is 0 Å². The average Bonchev–Trinajstić information content (AvgIpc) is 2.37. The van der Waals surface area contributed by atoms with Crippen LogP contribution >= 0.6 is 0 Å². The SMILES string of the molecule is CC1CCCC(O)(CNS(=O)(=O)c2ccc(F)cc2)C1. The Morgan fingerprint density at radius 3 is 2.65 bits per heavy atom. The summed E-state index contributed by atoms with van der Waals surface area (Å²) >= 11 is 0. The highest BCUT2D eigenvalue weighted by Gasteiger charge is 2.33. The van der Waals surface area contributed by atoms with Crippen molar-refractivity contribution in [3.8, 4) is 0 Å². The first-order chi connectivity index (χ1) is 9.31. The molecular weight excluding hydrogens is 281 g/mol. The fourth-order valence-corrected chi connectivity index (χ4v) is 3.84. The molecule has 0 heterocycles. The molecule has 1 aliphatic carbocycles. The molecule has 0 aromatic heterocycles. The van der Waals surface area contributed by atoms with Gasteiger partial charge in [-0.1, -0.05) is 19.8 Å². The van der Waals surface area contributed by atoms with Crippen LogP contribution in [0.15, 0.2) is 29.2 Å². The molecule has 2 unspecified atom stereocenters. The van der Waals surface area contributed by atoms with Gasteiger partial charge in [0.1, 0.15) is 5.82 Å². The van der Waals surface area contributed by atoms with E-state index in [0.717, 1.165) is 25.0 Å². The van der Waals surface area contributed by atoms with Crippen molar-refractivity contribution in [3.63, 3.8) is 0 Å². The van der Waals surface area contributed by atoms with Crippen LogP contribution in [0, 0.1) is 11.7 Å². The first-order valence-corrected chi connectivity index (χ1v) is 8.27. The molecule has 0 bridgehead atoms. The number of aliphatic hydroxyl groups is 1. The van der Waals surface area contributed by atoms with Gasteiger partial charge in [-0.3, -0.25) is 0 Å². The summed E-state index contributed by atoms with van der Waals surface area (Å²) in [6.45, 7) is 2.05.